The van der Waals surface area contributed by atoms with Crippen molar-refractivity contribution in [3.63, 3.8) is 0 Å². The van der Waals surface area contributed by atoms with E-state index >= 15 is 0 Å². The van der Waals surface area contributed by atoms with E-state index < -0.39 is 5.25 Å². The molecule has 0 spiro atoms. The Morgan fingerprint density at radius 2 is 1.91 bits per heavy atom. The highest BCUT2D eigenvalue weighted by Crippen LogP contribution is 2.36. The van der Waals surface area contributed by atoms with Gasteiger partial charge >= 0.3 is 0 Å². The summed E-state index contributed by atoms with van der Waals surface area (Å²) in [6, 6.07) is 17.4. The monoisotopic (exact) mass is 323 g/mol. The van der Waals surface area contributed by atoms with Crippen LogP contribution in [0.5, 0.6) is 0 Å². The van der Waals surface area contributed by atoms with Crippen LogP contribution in [0.15, 0.2) is 72.4 Å². The second-order valence-electron chi connectivity index (χ2n) is 5.09. The van der Waals surface area contributed by atoms with Crippen molar-refractivity contribution in [3.05, 3.63) is 72.8 Å². The third-order valence-corrected chi connectivity index (χ3v) is 4.78. The molecule has 0 radical (unpaired) electrons. The Balaban J connectivity index is 2.03. The van der Waals surface area contributed by atoms with Gasteiger partial charge in [0.15, 0.2) is 5.16 Å². The fourth-order valence-corrected chi connectivity index (χ4v) is 3.54. The molecule has 0 saturated carbocycles. The van der Waals surface area contributed by atoms with E-state index in [-0.39, 0.29) is 5.91 Å². The zero-order chi connectivity index (χ0) is 16.2. The van der Waals surface area contributed by atoms with Crippen LogP contribution in [0.4, 0.5) is 0 Å². The Kier molecular flexibility index (Phi) is 4.48. The van der Waals surface area contributed by atoms with Gasteiger partial charge in [0.1, 0.15) is 5.25 Å². The van der Waals surface area contributed by atoms with Gasteiger partial charge in [-0.2, -0.15) is 0 Å². The van der Waals surface area contributed by atoms with E-state index in [9.17, 15) is 4.79 Å². The summed E-state index contributed by atoms with van der Waals surface area (Å²) in [6.45, 7) is 4.43. The fraction of sp³-hybridized carbons (Fsp3) is 0.111. The average molecular weight is 323 g/mol. The lowest BCUT2D eigenvalue weighted by molar-refractivity contribution is -0.117. The van der Waals surface area contributed by atoms with Gasteiger partial charge in [-0.05, 0) is 17.7 Å². The number of aromatic nitrogens is 2. The summed E-state index contributed by atoms with van der Waals surface area (Å²) < 4.78 is 2.05. The van der Waals surface area contributed by atoms with Gasteiger partial charge < -0.3 is 10.3 Å². The van der Waals surface area contributed by atoms with Crippen LogP contribution in [0, 0.1) is 0 Å². The number of allylic oxidation sites excluding steroid dienone is 1. The predicted octanol–water partition coefficient (Wildman–Crippen LogP) is 3.54. The van der Waals surface area contributed by atoms with Crippen molar-refractivity contribution in [3.8, 4) is 0 Å². The Bertz CT molecular complexity index is 842. The number of primary amides is 1. The molecule has 0 fully saturated rings. The first-order valence-electron chi connectivity index (χ1n) is 7.28. The Morgan fingerprint density at radius 3 is 2.61 bits per heavy atom. The van der Waals surface area contributed by atoms with Crippen LogP contribution < -0.4 is 5.73 Å². The van der Waals surface area contributed by atoms with Crippen LogP contribution in [0.3, 0.4) is 0 Å². The van der Waals surface area contributed by atoms with Crippen LogP contribution >= 0.6 is 11.8 Å². The molecule has 2 N–H and O–H groups in total. The summed E-state index contributed by atoms with van der Waals surface area (Å²) in [5.41, 5.74) is 8.41. The molecule has 0 aliphatic carbocycles. The number of carbonyl (C=O) groups is 1. The highest BCUT2D eigenvalue weighted by Gasteiger charge is 2.22. The van der Waals surface area contributed by atoms with Crippen LogP contribution in [-0.2, 0) is 11.3 Å². The highest BCUT2D eigenvalue weighted by molar-refractivity contribution is 8.00. The predicted molar refractivity (Wildman–Crippen MR) is 94.2 cm³/mol. The lowest BCUT2D eigenvalue weighted by Crippen LogP contribution is -2.19. The number of hydrogen-bond donors (Lipinski definition) is 1. The molecule has 23 heavy (non-hydrogen) atoms. The van der Waals surface area contributed by atoms with Crippen LogP contribution in [0.1, 0.15) is 10.8 Å². The van der Waals surface area contributed by atoms with Crippen molar-refractivity contribution in [1.82, 2.24) is 9.55 Å². The summed E-state index contributed by atoms with van der Waals surface area (Å²) in [4.78, 5) is 16.6. The van der Waals surface area contributed by atoms with Crippen LogP contribution in [-0.4, -0.2) is 15.5 Å². The first-order valence-corrected chi connectivity index (χ1v) is 8.15. The molecule has 3 aromatic rings. The molecule has 1 amide bonds. The van der Waals surface area contributed by atoms with Crippen molar-refractivity contribution in [1.29, 1.82) is 0 Å². The Labute approximate surface area is 139 Å². The molecule has 0 aliphatic heterocycles. The van der Waals surface area contributed by atoms with Gasteiger partial charge in [-0.3, -0.25) is 4.79 Å². The van der Waals surface area contributed by atoms with Gasteiger partial charge in [0.2, 0.25) is 5.91 Å². The summed E-state index contributed by atoms with van der Waals surface area (Å²) in [5, 5.41) is 0.287. The Hall–Kier alpha value is -2.53. The van der Waals surface area contributed by atoms with E-state index in [1.807, 2.05) is 65.2 Å². The van der Waals surface area contributed by atoms with E-state index in [2.05, 4.69) is 11.6 Å². The minimum atomic E-state index is -0.475. The fourth-order valence-electron chi connectivity index (χ4n) is 2.47. The largest absolute Gasteiger partial charge is 0.368 e. The maximum Gasteiger partial charge on any atom is 0.235 e. The third-order valence-electron chi connectivity index (χ3n) is 3.52. The lowest BCUT2D eigenvalue weighted by atomic mass is 10.1. The quantitative estimate of drug-likeness (QED) is 0.557. The van der Waals surface area contributed by atoms with Crippen molar-refractivity contribution < 1.29 is 4.79 Å². The van der Waals surface area contributed by atoms with E-state index in [0.717, 1.165) is 21.8 Å². The van der Waals surface area contributed by atoms with E-state index in [4.69, 9.17) is 5.73 Å². The number of para-hydroxylation sites is 2. The second-order valence-corrected chi connectivity index (χ2v) is 6.17. The normalized spacial score (nSPS) is 12.2. The number of rotatable bonds is 6. The van der Waals surface area contributed by atoms with Crippen LogP contribution in [0.2, 0.25) is 0 Å². The highest BCUT2D eigenvalue weighted by atomic mass is 32.2. The molecular formula is C18H17N3OS. The molecule has 1 heterocycles. The molecule has 116 valence electrons. The lowest BCUT2D eigenvalue weighted by Gasteiger charge is -2.14. The number of fused-ring (bicyclic) bond motifs is 1. The van der Waals surface area contributed by atoms with Crippen molar-refractivity contribution in [2.45, 2.75) is 17.0 Å². The number of hydrogen-bond acceptors (Lipinski definition) is 3. The number of imidazole rings is 1. The first-order chi connectivity index (χ1) is 11.2. The molecule has 2 aromatic carbocycles. The van der Waals surface area contributed by atoms with Gasteiger partial charge in [0.05, 0.1) is 11.0 Å². The molecule has 1 atom stereocenters. The van der Waals surface area contributed by atoms with Gasteiger partial charge in [0, 0.05) is 6.54 Å². The van der Waals surface area contributed by atoms with E-state index in [1.165, 1.54) is 11.8 Å². The third kappa shape index (κ3) is 3.14. The molecule has 0 aliphatic rings. The number of nitrogens with zero attached hydrogens (tertiary/aromatic N) is 2. The number of carbonyl (C=O) groups excluding carboxylic acids is 1. The smallest absolute Gasteiger partial charge is 0.235 e. The standard InChI is InChI=1S/C18H17N3OS/c1-2-12-21-15-11-7-6-10-14(15)20-18(21)23-16(17(19)22)13-8-4-3-5-9-13/h2-11,16H,1,12H2,(H2,19,22). The molecule has 3 rings (SSSR count). The van der Waals surface area contributed by atoms with Gasteiger partial charge in [-0.25, -0.2) is 4.98 Å². The minimum absolute atomic E-state index is 0.376. The molecule has 5 heteroatoms. The van der Waals surface area contributed by atoms with Gasteiger partial charge in [0.25, 0.3) is 0 Å². The SMILES string of the molecule is C=CCn1c(SC(C(N)=O)c2ccccc2)nc2ccccc21. The van der Waals surface area contributed by atoms with E-state index in [0.29, 0.717) is 6.54 Å². The van der Waals surface area contributed by atoms with Crippen molar-refractivity contribution in [2.24, 2.45) is 5.73 Å². The topological polar surface area (TPSA) is 60.9 Å². The van der Waals surface area contributed by atoms with Crippen molar-refractivity contribution in [2.75, 3.05) is 0 Å². The number of thioether (sulfide) groups is 1. The van der Waals surface area contributed by atoms with E-state index in [1.54, 1.807) is 0 Å². The first kappa shape index (κ1) is 15.4. The molecular weight excluding hydrogens is 306 g/mol. The number of benzene rings is 2. The maximum absolute atomic E-state index is 11.9. The zero-order valence-electron chi connectivity index (χ0n) is 12.6. The zero-order valence-corrected chi connectivity index (χ0v) is 13.4. The molecule has 0 bridgehead atoms. The molecule has 0 saturated heterocycles. The van der Waals surface area contributed by atoms with Crippen molar-refractivity contribution >= 4 is 28.7 Å². The summed E-state index contributed by atoms with van der Waals surface area (Å²) in [7, 11) is 0. The number of amides is 1. The second kappa shape index (κ2) is 6.71. The average Bonchev–Trinajstić information content (AvgIpc) is 2.91. The summed E-state index contributed by atoms with van der Waals surface area (Å²) >= 11 is 1.37. The molecule has 1 unspecified atom stereocenters. The summed E-state index contributed by atoms with van der Waals surface area (Å²) in [6.07, 6.45) is 1.82. The summed E-state index contributed by atoms with van der Waals surface area (Å²) in [5.74, 6) is -0.376. The minimum Gasteiger partial charge on any atom is -0.368 e. The Morgan fingerprint density at radius 1 is 1.22 bits per heavy atom. The molecule has 4 nitrogen and oxygen atoms in total. The van der Waals surface area contributed by atoms with Gasteiger partial charge in [-0.15, -0.1) is 6.58 Å². The maximum atomic E-state index is 11.9. The van der Waals surface area contributed by atoms with Gasteiger partial charge in [-0.1, -0.05) is 60.3 Å². The number of nitrogens with two attached hydrogens (primary N) is 1. The van der Waals surface area contributed by atoms with Crippen LogP contribution in [0.25, 0.3) is 11.0 Å². The molecule has 1 aromatic heterocycles.